The maximum Gasteiger partial charge on any atom is 0.254 e. The van der Waals surface area contributed by atoms with E-state index in [-0.39, 0.29) is 24.1 Å². The maximum atomic E-state index is 13.0. The quantitative estimate of drug-likeness (QED) is 0.761. The molecule has 30 heavy (non-hydrogen) atoms. The van der Waals surface area contributed by atoms with Crippen molar-refractivity contribution in [1.29, 1.82) is 0 Å². The molecular weight excluding hydrogens is 404 g/mol. The van der Waals surface area contributed by atoms with Crippen LogP contribution in [0.2, 0.25) is 0 Å². The van der Waals surface area contributed by atoms with Crippen molar-refractivity contribution in [3.05, 3.63) is 27.4 Å². The number of carbonyl (C=O) groups excluding carboxylic acids is 1. The first kappa shape index (κ1) is 21.5. The molecule has 1 atom stereocenters. The fraction of sp³-hybridized carbons (Fsp3) is 0.762. The highest BCUT2D eigenvalue weighted by atomic mass is 32.2. The summed E-state index contributed by atoms with van der Waals surface area (Å²) < 4.78 is 25.3. The van der Waals surface area contributed by atoms with Crippen LogP contribution in [0.1, 0.15) is 80.9 Å². The number of aromatic amines is 1. The fourth-order valence-electron chi connectivity index (χ4n) is 5.16. The fourth-order valence-corrected chi connectivity index (χ4v) is 5.94. The molecule has 3 heterocycles. The first-order valence-corrected chi connectivity index (χ1v) is 13.0. The van der Waals surface area contributed by atoms with E-state index in [1.165, 1.54) is 36.2 Å². The van der Waals surface area contributed by atoms with Gasteiger partial charge < -0.3 is 9.88 Å². The second kappa shape index (κ2) is 8.78. The lowest BCUT2D eigenvalue weighted by atomic mass is 9.97. The number of likely N-dealkylation sites (tertiary alicyclic amines) is 1. The number of H-pyrrole nitrogens is 1. The Balaban J connectivity index is 1.54. The molecule has 1 N–H and O–H groups in total. The van der Waals surface area contributed by atoms with Crippen molar-refractivity contribution in [2.45, 2.75) is 76.8 Å². The van der Waals surface area contributed by atoms with E-state index in [1.54, 1.807) is 0 Å². The van der Waals surface area contributed by atoms with Crippen LogP contribution in [0.15, 0.2) is 4.79 Å². The Morgan fingerprint density at radius 2 is 1.87 bits per heavy atom. The number of sulfonamides is 1. The van der Waals surface area contributed by atoms with Crippen molar-refractivity contribution in [3.63, 3.8) is 0 Å². The van der Waals surface area contributed by atoms with Crippen LogP contribution in [0, 0.1) is 5.92 Å². The highest BCUT2D eigenvalue weighted by Gasteiger charge is 2.32. The maximum absolute atomic E-state index is 13.0. The smallest absolute Gasteiger partial charge is 0.254 e. The number of nitrogens with zero attached hydrogens (tertiary/aromatic N) is 3. The van der Waals surface area contributed by atoms with Gasteiger partial charge in [0.1, 0.15) is 5.82 Å². The summed E-state index contributed by atoms with van der Waals surface area (Å²) in [6, 6.07) is -0.235. The molecule has 2 fully saturated rings. The Labute approximate surface area is 178 Å². The van der Waals surface area contributed by atoms with E-state index >= 15 is 0 Å². The van der Waals surface area contributed by atoms with Gasteiger partial charge in [0.25, 0.3) is 5.56 Å². The van der Waals surface area contributed by atoms with Gasteiger partial charge in [-0.3, -0.25) is 9.59 Å². The summed E-state index contributed by atoms with van der Waals surface area (Å²) in [4.78, 5) is 35.2. The lowest BCUT2D eigenvalue weighted by Crippen LogP contribution is -2.42. The lowest BCUT2D eigenvalue weighted by molar-refractivity contribution is -0.135. The average molecular weight is 437 g/mol. The molecule has 1 aliphatic carbocycles. The summed E-state index contributed by atoms with van der Waals surface area (Å²) >= 11 is 0. The molecule has 1 amide bonds. The Morgan fingerprint density at radius 1 is 1.13 bits per heavy atom. The molecule has 0 aromatic carbocycles. The van der Waals surface area contributed by atoms with E-state index in [0.717, 1.165) is 25.7 Å². The highest BCUT2D eigenvalue weighted by Crippen LogP contribution is 2.32. The van der Waals surface area contributed by atoms with Gasteiger partial charge >= 0.3 is 0 Å². The molecule has 3 aliphatic rings. The van der Waals surface area contributed by atoms with Crippen molar-refractivity contribution in [1.82, 2.24) is 19.2 Å². The summed E-state index contributed by atoms with van der Waals surface area (Å²) in [5, 5.41) is 0. The van der Waals surface area contributed by atoms with Gasteiger partial charge in [-0.05, 0) is 38.0 Å². The number of hydrogen-bond acceptors (Lipinski definition) is 5. The van der Waals surface area contributed by atoms with E-state index in [1.807, 2.05) is 4.90 Å². The van der Waals surface area contributed by atoms with Gasteiger partial charge in [-0.25, -0.2) is 13.4 Å². The summed E-state index contributed by atoms with van der Waals surface area (Å²) in [5.74, 6) is 1.31. The van der Waals surface area contributed by atoms with Crippen LogP contribution >= 0.6 is 0 Å². The van der Waals surface area contributed by atoms with Crippen LogP contribution in [-0.2, 0) is 27.8 Å². The van der Waals surface area contributed by atoms with Crippen LogP contribution in [0.25, 0.3) is 0 Å². The SMILES string of the molecule is CS(=O)(=O)N1CCc2c(nc([C@@H]3CCCCN3C(=O)CCC3CCCC3)[nH]c2=O)C1. The predicted molar refractivity (Wildman–Crippen MR) is 113 cm³/mol. The normalized spacial score (nSPS) is 23.5. The molecule has 1 aromatic heterocycles. The predicted octanol–water partition coefficient (Wildman–Crippen LogP) is 2.11. The Morgan fingerprint density at radius 3 is 2.60 bits per heavy atom. The summed E-state index contributed by atoms with van der Waals surface area (Å²) in [5.41, 5.74) is 0.884. The molecule has 9 heteroatoms. The molecule has 0 bridgehead atoms. The second-order valence-electron chi connectivity index (χ2n) is 9.01. The largest absolute Gasteiger partial charge is 0.333 e. The summed E-state index contributed by atoms with van der Waals surface area (Å²) in [7, 11) is -3.34. The topological polar surface area (TPSA) is 103 Å². The van der Waals surface area contributed by atoms with Crippen molar-refractivity contribution in [3.8, 4) is 0 Å². The van der Waals surface area contributed by atoms with Gasteiger partial charge in [0.15, 0.2) is 0 Å². The Hall–Kier alpha value is -1.74. The van der Waals surface area contributed by atoms with Crippen LogP contribution in [-0.4, -0.2) is 52.8 Å². The van der Waals surface area contributed by atoms with E-state index in [9.17, 15) is 18.0 Å². The number of aromatic nitrogens is 2. The molecule has 8 nitrogen and oxygen atoms in total. The third-order valence-electron chi connectivity index (χ3n) is 6.91. The highest BCUT2D eigenvalue weighted by molar-refractivity contribution is 7.88. The number of hydrogen-bond donors (Lipinski definition) is 1. The molecule has 2 aliphatic heterocycles. The summed E-state index contributed by atoms with van der Waals surface area (Å²) in [6.45, 7) is 1.10. The second-order valence-corrected chi connectivity index (χ2v) is 11.0. The molecule has 1 aromatic rings. The zero-order chi connectivity index (χ0) is 21.3. The lowest BCUT2D eigenvalue weighted by Gasteiger charge is -2.36. The zero-order valence-corrected chi connectivity index (χ0v) is 18.5. The summed E-state index contributed by atoms with van der Waals surface area (Å²) in [6.07, 6.45) is 10.8. The molecule has 1 saturated heterocycles. The number of carbonyl (C=O) groups is 1. The van der Waals surface area contributed by atoms with Crippen molar-refractivity contribution >= 4 is 15.9 Å². The van der Waals surface area contributed by atoms with Crippen LogP contribution < -0.4 is 5.56 Å². The molecule has 166 valence electrons. The molecule has 4 rings (SSSR count). The van der Waals surface area contributed by atoms with Crippen LogP contribution in [0.4, 0.5) is 0 Å². The van der Waals surface area contributed by atoms with Crippen molar-refractivity contribution < 1.29 is 13.2 Å². The first-order valence-electron chi connectivity index (χ1n) is 11.2. The standard InChI is InChI=1S/C21H32N4O4S/c1-30(28,29)24-13-11-16-17(14-24)22-20(23-21(16)27)18-8-4-5-12-25(18)19(26)10-9-15-6-2-3-7-15/h15,18H,2-14H2,1H3,(H,22,23,27)/t18-/m0/s1. The van der Waals surface area contributed by atoms with Gasteiger partial charge in [-0.1, -0.05) is 25.7 Å². The van der Waals surface area contributed by atoms with Gasteiger partial charge in [-0.2, -0.15) is 4.31 Å². The Kier molecular flexibility index (Phi) is 6.29. The van der Waals surface area contributed by atoms with Gasteiger partial charge in [0.05, 0.1) is 24.5 Å². The minimum Gasteiger partial charge on any atom is -0.333 e. The van der Waals surface area contributed by atoms with Gasteiger partial charge in [-0.15, -0.1) is 0 Å². The van der Waals surface area contributed by atoms with E-state index in [2.05, 4.69) is 9.97 Å². The number of nitrogens with one attached hydrogen (secondary N) is 1. The molecular formula is C21H32N4O4S. The van der Waals surface area contributed by atoms with E-state index < -0.39 is 10.0 Å². The minimum absolute atomic E-state index is 0.118. The minimum atomic E-state index is -3.34. The van der Waals surface area contributed by atoms with Gasteiger partial charge in [0, 0.05) is 25.1 Å². The van der Waals surface area contributed by atoms with E-state index in [0.29, 0.717) is 48.9 Å². The average Bonchev–Trinajstić information content (AvgIpc) is 3.24. The van der Waals surface area contributed by atoms with Crippen molar-refractivity contribution in [2.75, 3.05) is 19.3 Å². The van der Waals surface area contributed by atoms with Crippen LogP contribution in [0.5, 0.6) is 0 Å². The molecule has 0 spiro atoms. The Bertz CT molecular complexity index is 952. The monoisotopic (exact) mass is 436 g/mol. The third-order valence-corrected chi connectivity index (χ3v) is 8.16. The van der Waals surface area contributed by atoms with Gasteiger partial charge in [0.2, 0.25) is 15.9 Å². The molecule has 1 saturated carbocycles. The molecule has 0 radical (unpaired) electrons. The first-order chi connectivity index (χ1) is 14.3. The van der Waals surface area contributed by atoms with Crippen molar-refractivity contribution in [2.24, 2.45) is 5.92 Å². The van der Waals surface area contributed by atoms with Crippen LogP contribution in [0.3, 0.4) is 0 Å². The number of piperidine rings is 1. The zero-order valence-electron chi connectivity index (χ0n) is 17.7. The molecule has 0 unspecified atom stereocenters. The number of amides is 1. The van der Waals surface area contributed by atoms with E-state index in [4.69, 9.17) is 0 Å². The third kappa shape index (κ3) is 4.61. The number of fused-ring (bicyclic) bond motifs is 1. The number of rotatable bonds is 5.